The van der Waals surface area contributed by atoms with Crippen LogP contribution in [0.1, 0.15) is 49.4 Å². The Kier molecular flexibility index (Phi) is 7.06. The van der Waals surface area contributed by atoms with Crippen molar-refractivity contribution in [3.05, 3.63) is 39.7 Å². The lowest BCUT2D eigenvalue weighted by molar-refractivity contribution is -0.385. The van der Waals surface area contributed by atoms with Crippen LogP contribution in [0.3, 0.4) is 0 Å². The van der Waals surface area contributed by atoms with E-state index in [2.05, 4.69) is 12.2 Å². The summed E-state index contributed by atoms with van der Waals surface area (Å²) in [4.78, 5) is 36.0. The topological polar surface area (TPSA) is 92.6 Å². The van der Waals surface area contributed by atoms with E-state index >= 15 is 0 Å². The first-order valence-corrected chi connectivity index (χ1v) is 8.95. The number of nitro benzene ring substituents is 1. The Hall–Kier alpha value is -2.51. The van der Waals surface area contributed by atoms with Gasteiger partial charge >= 0.3 is 0 Å². The van der Waals surface area contributed by atoms with Crippen LogP contribution in [-0.2, 0) is 4.79 Å². The van der Waals surface area contributed by atoms with E-state index in [9.17, 15) is 24.1 Å². The second kappa shape index (κ2) is 9.26. The van der Waals surface area contributed by atoms with Crippen LogP contribution in [0.2, 0.25) is 0 Å². The molecule has 1 aromatic rings. The molecular weight excluding hydrogens is 341 g/mol. The molecule has 8 heteroatoms. The molecule has 1 saturated heterocycles. The van der Waals surface area contributed by atoms with Crippen LogP contribution in [-0.4, -0.2) is 41.3 Å². The highest BCUT2D eigenvalue weighted by Crippen LogP contribution is 2.22. The standard InChI is InChI=1S/C18H24FN3O4/c1-2-3-4-9-20-17(23)13-7-10-21(11-8-13)18(24)15-6-5-14(22(25)26)12-16(15)19/h5-6,12-13H,2-4,7-11H2,1H3,(H,20,23). The number of hydrogen-bond acceptors (Lipinski definition) is 4. The molecule has 7 nitrogen and oxygen atoms in total. The molecule has 0 aromatic heterocycles. The first-order valence-electron chi connectivity index (χ1n) is 8.95. The van der Waals surface area contributed by atoms with Crippen molar-refractivity contribution in [2.45, 2.75) is 39.0 Å². The van der Waals surface area contributed by atoms with E-state index in [1.54, 1.807) is 0 Å². The van der Waals surface area contributed by atoms with Gasteiger partial charge in [0.1, 0.15) is 5.82 Å². The largest absolute Gasteiger partial charge is 0.356 e. The number of benzene rings is 1. The van der Waals surface area contributed by atoms with Crippen molar-refractivity contribution in [2.24, 2.45) is 5.92 Å². The molecule has 0 radical (unpaired) electrons. The van der Waals surface area contributed by atoms with Gasteiger partial charge in [0.05, 0.1) is 16.6 Å². The van der Waals surface area contributed by atoms with Gasteiger partial charge in [0.2, 0.25) is 5.91 Å². The molecule has 1 fully saturated rings. The third kappa shape index (κ3) is 5.00. The fraction of sp³-hybridized carbons (Fsp3) is 0.556. The number of nitrogens with one attached hydrogen (secondary N) is 1. The zero-order chi connectivity index (χ0) is 19.1. The molecule has 0 atom stereocenters. The molecule has 1 aliphatic heterocycles. The van der Waals surface area contributed by atoms with Crippen molar-refractivity contribution >= 4 is 17.5 Å². The van der Waals surface area contributed by atoms with E-state index in [1.807, 2.05) is 0 Å². The van der Waals surface area contributed by atoms with Gasteiger partial charge in [0.25, 0.3) is 11.6 Å². The lowest BCUT2D eigenvalue weighted by Crippen LogP contribution is -2.43. The highest BCUT2D eigenvalue weighted by Gasteiger charge is 2.29. The maximum atomic E-state index is 14.0. The minimum atomic E-state index is -0.903. The molecule has 1 aliphatic rings. The van der Waals surface area contributed by atoms with Crippen molar-refractivity contribution < 1.29 is 18.9 Å². The number of carbonyl (C=O) groups excluding carboxylic acids is 2. The van der Waals surface area contributed by atoms with E-state index in [-0.39, 0.29) is 17.4 Å². The Morgan fingerprint density at radius 1 is 1.31 bits per heavy atom. The quantitative estimate of drug-likeness (QED) is 0.457. The number of nitrogens with zero attached hydrogens (tertiary/aromatic N) is 2. The number of piperidine rings is 1. The zero-order valence-electron chi connectivity index (χ0n) is 14.9. The van der Waals surface area contributed by atoms with Crippen LogP contribution in [0.4, 0.5) is 10.1 Å². The van der Waals surface area contributed by atoms with E-state index in [0.717, 1.165) is 37.5 Å². The number of halogens is 1. The van der Waals surface area contributed by atoms with Crippen molar-refractivity contribution in [3.8, 4) is 0 Å². The Morgan fingerprint density at radius 3 is 2.58 bits per heavy atom. The number of nitro groups is 1. The minimum Gasteiger partial charge on any atom is -0.356 e. The van der Waals surface area contributed by atoms with Gasteiger partial charge in [-0.3, -0.25) is 19.7 Å². The molecule has 0 unspecified atom stereocenters. The van der Waals surface area contributed by atoms with Crippen molar-refractivity contribution in [2.75, 3.05) is 19.6 Å². The summed E-state index contributed by atoms with van der Waals surface area (Å²) >= 11 is 0. The van der Waals surface area contributed by atoms with Gasteiger partial charge in [0, 0.05) is 31.6 Å². The first kappa shape index (κ1) is 19.8. The zero-order valence-corrected chi connectivity index (χ0v) is 14.9. The van der Waals surface area contributed by atoms with Crippen molar-refractivity contribution in [1.82, 2.24) is 10.2 Å². The molecule has 1 heterocycles. The summed E-state index contributed by atoms with van der Waals surface area (Å²) in [5.41, 5.74) is -0.574. The maximum Gasteiger partial charge on any atom is 0.272 e. The third-order valence-corrected chi connectivity index (χ3v) is 4.63. The summed E-state index contributed by atoms with van der Waals surface area (Å²) < 4.78 is 14.0. The van der Waals surface area contributed by atoms with E-state index < -0.39 is 22.3 Å². The smallest absolute Gasteiger partial charge is 0.272 e. The fourth-order valence-electron chi connectivity index (χ4n) is 3.04. The van der Waals surface area contributed by atoms with Crippen LogP contribution < -0.4 is 5.32 Å². The highest BCUT2D eigenvalue weighted by molar-refractivity contribution is 5.95. The van der Waals surface area contributed by atoms with Gasteiger partial charge < -0.3 is 10.2 Å². The highest BCUT2D eigenvalue weighted by atomic mass is 19.1. The summed E-state index contributed by atoms with van der Waals surface area (Å²) in [6.07, 6.45) is 4.18. The lowest BCUT2D eigenvalue weighted by atomic mass is 9.95. The molecule has 0 aliphatic carbocycles. The number of rotatable bonds is 7. The first-order chi connectivity index (χ1) is 12.4. The molecule has 0 spiro atoms. The molecule has 2 amide bonds. The van der Waals surface area contributed by atoms with Crippen LogP contribution >= 0.6 is 0 Å². The number of amides is 2. The Morgan fingerprint density at radius 2 is 2.00 bits per heavy atom. The van der Waals surface area contributed by atoms with Gasteiger partial charge in [-0.25, -0.2) is 4.39 Å². The van der Waals surface area contributed by atoms with Crippen molar-refractivity contribution in [1.29, 1.82) is 0 Å². The van der Waals surface area contributed by atoms with E-state index in [0.29, 0.717) is 32.5 Å². The predicted octanol–water partition coefficient (Wildman–Crippen LogP) is 2.89. The third-order valence-electron chi connectivity index (χ3n) is 4.63. The van der Waals surface area contributed by atoms with Gasteiger partial charge in [-0.2, -0.15) is 0 Å². The number of hydrogen-bond donors (Lipinski definition) is 1. The van der Waals surface area contributed by atoms with Crippen molar-refractivity contribution in [3.63, 3.8) is 0 Å². The lowest BCUT2D eigenvalue weighted by Gasteiger charge is -2.31. The number of likely N-dealkylation sites (tertiary alicyclic amines) is 1. The number of non-ortho nitro benzene ring substituents is 1. The Bertz CT molecular complexity index is 672. The molecule has 0 saturated carbocycles. The van der Waals surface area contributed by atoms with Crippen LogP contribution in [0.15, 0.2) is 18.2 Å². The molecular formula is C18H24FN3O4. The monoisotopic (exact) mass is 365 g/mol. The average molecular weight is 365 g/mol. The van der Waals surface area contributed by atoms with Crippen LogP contribution in [0, 0.1) is 21.8 Å². The molecule has 142 valence electrons. The second-order valence-corrected chi connectivity index (χ2v) is 6.49. The van der Waals surface area contributed by atoms with Gasteiger partial charge in [0.15, 0.2) is 0 Å². The maximum absolute atomic E-state index is 14.0. The van der Waals surface area contributed by atoms with Gasteiger partial charge in [-0.1, -0.05) is 19.8 Å². The van der Waals surface area contributed by atoms with Gasteiger partial charge in [-0.05, 0) is 25.3 Å². The number of unbranched alkanes of at least 4 members (excludes halogenated alkanes) is 2. The van der Waals surface area contributed by atoms with Crippen LogP contribution in [0.5, 0.6) is 0 Å². The summed E-state index contributed by atoms with van der Waals surface area (Å²) in [6, 6.07) is 3.01. The fourth-order valence-corrected chi connectivity index (χ4v) is 3.04. The molecule has 2 rings (SSSR count). The molecule has 26 heavy (non-hydrogen) atoms. The summed E-state index contributed by atoms with van der Waals surface area (Å²) in [5, 5.41) is 13.6. The summed E-state index contributed by atoms with van der Waals surface area (Å²) in [7, 11) is 0. The normalized spacial score (nSPS) is 14.9. The van der Waals surface area contributed by atoms with E-state index in [1.165, 1.54) is 4.90 Å². The SMILES string of the molecule is CCCCCNC(=O)C1CCN(C(=O)c2ccc([N+](=O)[O-])cc2F)CC1. The Labute approximate surface area is 151 Å². The molecule has 1 aromatic carbocycles. The van der Waals surface area contributed by atoms with Crippen LogP contribution in [0.25, 0.3) is 0 Å². The number of carbonyl (C=O) groups is 2. The molecule has 0 bridgehead atoms. The Balaban J connectivity index is 1.88. The van der Waals surface area contributed by atoms with Gasteiger partial charge in [-0.15, -0.1) is 0 Å². The van der Waals surface area contributed by atoms with E-state index in [4.69, 9.17) is 0 Å². The average Bonchev–Trinajstić information content (AvgIpc) is 2.64. The summed E-state index contributed by atoms with van der Waals surface area (Å²) in [5.74, 6) is -1.53. The second-order valence-electron chi connectivity index (χ2n) is 6.49. The molecule has 1 N–H and O–H groups in total. The predicted molar refractivity (Wildman–Crippen MR) is 94.2 cm³/mol. The summed E-state index contributed by atoms with van der Waals surface area (Å²) in [6.45, 7) is 3.49. The minimum absolute atomic E-state index is 0.00900.